The second-order valence-corrected chi connectivity index (χ2v) is 8.86. The highest BCUT2D eigenvalue weighted by atomic mass is 79.9. The van der Waals surface area contributed by atoms with Crippen molar-refractivity contribution in [3.8, 4) is 0 Å². The van der Waals surface area contributed by atoms with Gasteiger partial charge in [0.15, 0.2) is 5.65 Å². The average Bonchev–Trinajstić information content (AvgIpc) is 3.40. The summed E-state index contributed by atoms with van der Waals surface area (Å²) in [6, 6.07) is 4.20. The molecule has 3 aromatic heterocycles. The molecule has 11 nitrogen and oxygen atoms in total. The van der Waals surface area contributed by atoms with Crippen LogP contribution in [0.25, 0.3) is 16.7 Å². The third-order valence-corrected chi connectivity index (χ3v) is 6.43. The molecule has 5 rings (SSSR count). The number of nitrogens with zero attached hydrogens (tertiary/aromatic N) is 7. The molecule has 1 aliphatic heterocycles. The topological polar surface area (TPSA) is 117 Å². The van der Waals surface area contributed by atoms with E-state index in [0.717, 1.165) is 21.3 Å². The summed E-state index contributed by atoms with van der Waals surface area (Å²) in [5, 5.41) is 7.74. The monoisotopic (exact) mass is 513 g/mol. The summed E-state index contributed by atoms with van der Waals surface area (Å²) in [7, 11) is 1.39. The zero-order valence-electron chi connectivity index (χ0n) is 18.6. The number of aromatic amines is 1. The van der Waals surface area contributed by atoms with Gasteiger partial charge in [-0.3, -0.25) is 0 Å². The van der Waals surface area contributed by atoms with Crippen molar-refractivity contribution in [2.75, 3.05) is 43.5 Å². The number of carbonyl (C=O) groups is 1. The van der Waals surface area contributed by atoms with Crippen LogP contribution in [-0.4, -0.2) is 73.8 Å². The molecule has 0 aliphatic carbocycles. The number of benzene rings is 1. The zero-order chi connectivity index (χ0) is 23.1. The fraction of sp³-hybridized carbons (Fsp3) is 0.381. The number of amides is 1. The van der Waals surface area contributed by atoms with Crippen molar-refractivity contribution in [1.29, 1.82) is 0 Å². The molecule has 0 saturated carbocycles. The number of halogens is 1. The summed E-state index contributed by atoms with van der Waals surface area (Å²) >= 11 is 3.52. The van der Waals surface area contributed by atoms with E-state index in [1.54, 1.807) is 15.6 Å². The number of hydrogen-bond acceptors (Lipinski definition) is 8. The van der Waals surface area contributed by atoms with E-state index in [4.69, 9.17) is 14.7 Å². The summed E-state index contributed by atoms with van der Waals surface area (Å²) in [5.74, 6) is 1.94. The Bertz CT molecular complexity index is 1300. The van der Waals surface area contributed by atoms with E-state index < -0.39 is 0 Å². The van der Waals surface area contributed by atoms with Crippen LogP contribution in [0.4, 0.5) is 16.7 Å². The lowest BCUT2D eigenvalue weighted by Crippen LogP contribution is -2.49. The third-order valence-electron chi connectivity index (χ3n) is 5.87. The molecular weight excluding hydrogens is 490 g/mol. The van der Waals surface area contributed by atoms with E-state index in [0.29, 0.717) is 50.3 Å². The Morgan fingerprint density at radius 3 is 2.67 bits per heavy atom. The van der Waals surface area contributed by atoms with Gasteiger partial charge in [-0.05, 0) is 53.0 Å². The van der Waals surface area contributed by atoms with Crippen LogP contribution in [0.5, 0.6) is 0 Å². The maximum atomic E-state index is 11.8. The summed E-state index contributed by atoms with van der Waals surface area (Å²) in [6.45, 7) is 6.93. The maximum Gasteiger partial charge on any atom is 0.409 e. The largest absolute Gasteiger partial charge is 0.453 e. The standard InChI is InChI=1S/C21H24BrN9O2/c1-12-8-15-16(9-13(12)2)26-17(25-15)11-23-19-28-20(27-18-14(22)10-24-31(18)19)29-4-6-30(7-5-29)21(32)33-3/h8-10H,4-7,11H2,1-3H3,(H,25,26)(H,23,27,28). The highest BCUT2D eigenvalue weighted by molar-refractivity contribution is 9.10. The number of piperazine rings is 1. The first-order chi connectivity index (χ1) is 15.9. The van der Waals surface area contributed by atoms with Crippen LogP contribution < -0.4 is 10.2 Å². The Hall–Kier alpha value is -3.41. The first kappa shape index (κ1) is 21.4. The number of hydrogen-bond donors (Lipinski definition) is 2. The Kier molecular flexibility index (Phi) is 5.52. The Morgan fingerprint density at radius 1 is 1.15 bits per heavy atom. The van der Waals surface area contributed by atoms with Crippen molar-refractivity contribution in [2.24, 2.45) is 0 Å². The summed E-state index contributed by atoms with van der Waals surface area (Å²) < 4.78 is 7.26. The molecule has 1 aromatic carbocycles. The number of anilines is 2. The van der Waals surface area contributed by atoms with Crippen LogP contribution in [0.3, 0.4) is 0 Å². The van der Waals surface area contributed by atoms with E-state index in [2.05, 4.69) is 67.2 Å². The number of H-pyrrole nitrogens is 1. The van der Waals surface area contributed by atoms with Gasteiger partial charge in [0, 0.05) is 26.2 Å². The number of imidazole rings is 1. The fourth-order valence-electron chi connectivity index (χ4n) is 3.88. The first-order valence-corrected chi connectivity index (χ1v) is 11.4. The highest BCUT2D eigenvalue weighted by Gasteiger charge is 2.24. The minimum atomic E-state index is -0.317. The van der Waals surface area contributed by atoms with Gasteiger partial charge < -0.3 is 24.8 Å². The Balaban J connectivity index is 1.39. The number of aromatic nitrogens is 6. The number of nitrogens with one attached hydrogen (secondary N) is 2. The molecule has 1 saturated heterocycles. The molecule has 0 bridgehead atoms. The van der Waals surface area contributed by atoms with E-state index in [9.17, 15) is 4.79 Å². The molecule has 1 fully saturated rings. The molecule has 0 unspecified atom stereocenters. The molecule has 2 N–H and O–H groups in total. The van der Waals surface area contributed by atoms with Gasteiger partial charge >= 0.3 is 6.09 Å². The highest BCUT2D eigenvalue weighted by Crippen LogP contribution is 2.23. The normalized spacial score (nSPS) is 14.3. The molecular formula is C21H24BrN9O2. The van der Waals surface area contributed by atoms with Crippen molar-refractivity contribution in [3.63, 3.8) is 0 Å². The maximum absolute atomic E-state index is 11.8. The van der Waals surface area contributed by atoms with Crippen molar-refractivity contribution in [2.45, 2.75) is 20.4 Å². The van der Waals surface area contributed by atoms with E-state index in [1.165, 1.54) is 18.2 Å². The number of carbonyl (C=O) groups excluding carboxylic acids is 1. The summed E-state index contributed by atoms with van der Waals surface area (Å²) in [6.07, 6.45) is 1.38. The van der Waals surface area contributed by atoms with Gasteiger partial charge in [-0.25, -0.2) is 9.78 Å². The van der Waals surface area contributed by atoms with Crippen LogP contribution in [-0.2, 0) is 11.3 Å². The molecule has 4 aromatic rings. The van der Waals surface area contributed by atoms with Gasteiger partial charge in [0.05, 0.1) is 35.4 Å². The number of ether oxygens (including phenoxy) is 1. The SMILES string of the molecule is COC(=O)N1CCN(c2nc(NCc3nc4cc(C)c(C)cc4[nH]3)n3ncc(Br)c3n2)CC1. The lowest BCUT2D eigenvalue weighted by Gasteiger charge is -2.33. The molecule has 4 heterocycles. The summed E-state index contributed by atoms with van der Waals surface area (Å²) in [4.78, 5) is 33.0. The Labute approximate surface area is 198 Å². The van der Waals surface area contributed by atoms with Crippen LogP contribution in [0.2, 0.25) is 0 Å². The Morgan fingerprint density at radius 2 is 1.91 bits per heavy atom. The molecule has 0 radical (unpaired) electrons. The van der Waals surface area contributed by atoms with Crippen LogP contribution in [0.15, 0.2) is 22.8 Å². The smallest absolute Gasteiger partial charge is 0.409 e. The lowest BCUT2D eigenvalue weighted by atomic mass is 10.1. The number of aryl methyl sites for hydroxylation is 2. The second kappa shape index (κ2) is 8.50. The minimum absolute atomic E-state index is 0.317. The van der Waals surface area contributed by atoms with E-state index in [1.807, 2.05) is 0 Å². The molecule has 12 heteroatoms. The average molecular weight is 514 g/mol. The third kappa shape index (κ3) is 4.06. The predicted molar refractivity (Wildman–Crippen MR) is 128 cm³/mol. The van der Waals surface area contributed by atoms with Crippen LogP contribution in [0, 0.1) is 13.8 Å². The van der Waals surface area contributed by atoms with Gasteiger partial charge in [-0.1, -0.05) is 0 Å². The number of fused-ring (bicyclic) bond motifs is 2. The van der Waals surface area contributed by atoms with Crippen LogP contribution >= 0.6 is 15.9 Å². The van der Waals surface area contributed by atoms with Crippen LogP contribution in [0.1, 0.15) is 17.0 Å². The van der Waals surface area contributed by atoms with E-state index >= 15 is 0 Å². The predicted octanol–water partition coefficient (Wildman–Crippen LogP) is 2.88. The summed E-state index contributed by atoms with van der Waals surface area (Å²) in [5.41, 5.74) is 5.04. The zero-order valence-corrected chi connectivity index (χ0v) is 20.2. The van der Waals surface area contributed by atoms with Gasteiger partial charge in [-0.2, -0.15) is 19.6 Å². The van der Waals surface area contributed by atoms with E-state index in [-0.39, 0.29) is 6.09 Å². The molecule has 1 aliphatic rings. The van der Waals surface area contributed by atoms with Gasteiger partial charge in [0.2, 0.25) is 11.9 Å². The molecule has 172 valence electrons. The minimum Gasteiger partial charge on any atom is -0.453 e. The van der Waals surface area contributed by atoms with Crippen molar-refractivity contribution < 1.29 is 9.53 Å². The molecule has 1 amide bonds. The van der Waals surface area contributed by atoms with Gasteiger partial charge in [-0.15, -0.1) is 0 Å². The molecule has 0 atom stereocenters. The quantitative estimate of drug-likeness (QED) is 0.427. The lowest BCUT2D eigenvalue weighted by molar-refractivity contribution is 0.121. The van der Waals surface area contributed by atoms with Gasteiger partial charge in [0.25, 0.3) is 0 Å². The molecule has 33 heavy (non-hydrogen) atoms. The second-order valence-electron chi connectivity index (χ2n) is 8.01. The first-order valence-electron chi connectivity index (χ1n) is 10.6. The fourth-order valence-corrected chi connectivity index (χ4v) is 4.23. The number of rotatable bonds is 4. The number of methoxy groups -OCH3 is 1. The molecule has 0 spiro atoms. The van der Waals surface area contributed by atoms with Crippen molar-refractivity contribution in [3.05, 3.63) is 39.8 Å². The van der Waals surface area contributed by atoms with Gasteiger partial charge in [0.1, 0.15) is 5.82 Å². The van der Waals surface area contributed by atoms with Crippen molar-refractivity contribution in [1.82, 2.24) is 34.4 Å². The van der Waals surface area contributed by atoms with Crippen molar-refractivity contribution >= 4 is 50.6 Å².